The van der Waals surface area contributed by atoms with Crippen LogP contribution in [0.15, 0.2) is 42.7 Å². The lowest BCUT2D eigenvalue weighted by atomic mass is 10.1. The zero-order valence-electron chi connectivity index (χ0n) is 11.0. The van der Waals surface area contributed by atoms with Gasteiger partial charge in [0, 0.05) is 12.4 Å². The topological polar surface area (TPSA) is 87.3 Å². The Morgan fingerprint density at radius 3 is 2.75 bits per heavy atom. The molecule has 0 fully saturated rings. The zero-order chi connectivity index (χ0) is 14.4. The summed E-state index contributed by atoms with van der Waals surface area (Å²) in [5.41, 5.74) is 6.59. The van der Waals surface area contributed by atoms with Crippen molar-refractivity contribution in [1.29, 1.82) is 0 Å². The molecule has 2 rings (SSSR count). The molecule has 1 aromatic heterocycles. The van der Waals surface area contributed by atoms with Gasteiger partial charge in [-0.1, -0.05) is 12.1 Å². The van der Waals surface area contributed by atoms with Crippen molar-refractivity contribution in [3.05, 3.63) is 48.3 Å². The molecule has 1 heterocycles. The van der Waals surface area contributed by atoms with Crippen molar-refractivity contribution < 1.29 is 14.3 Å². The molecule has 0 amide bonds. The van der Waals surface area contributed by atoms with E-state index in [1.54, 1.807) is 30.6 Å². The Morgan fingerprint density at radius 2 is 2.05 bits per heavy atom. The summed E-state index contributed by atoms with van der Waals surface area (Å²) in [6.07, 6.45) is 3.57. The predicted octanol–water partition coefficient (Wildman–Crippen LogP) is 1.31. The van der Waals surface area contributed by atoms with Crippen molar-refractivity contribution in [2.75, 3.05) is 7.11 Å². The molecular formula is C14H15N3O3. The largest absolute Gasteiger partial charge is 0.468 e. The van der Waals surface area contributed by atoms with E-state index in [0.29, 0.717) is 12.2 Å². The van der Waals surface area contributed by atoms with Gasteiger partial charge in [-0.25, -0.2) is 9.97 Å². The van der Waals surface area contributed by atoms with Crippen LogP contribution in [0.1, 0.15) is 5.56 Å². The second kappa shape index (κ2) is 6.63. The summed E-state index contributed by atoms with van der Waals surface area (Å²) in [6, 6.07) is 8.53. The lowest BCUT2D eigenvalue weighted by Gasteiger charge is -2.10. The molecule has 0 saturated carbocycles. The lowest BCUT2D eigenvalue weighted by molar-refractivity contribution is -0.142. The molecule has 0 aliphatic heterocycles. The first kappa shape index (κ1) is 14.0. The molecule has 0 saturated heterocycles. The first-order chi connectivity index (χ1) is 9.69. The molecule has 2 N–H and O–H groups in total. The molecule has 20 heavy (non-hydrogen) atoms. The molecule has 1 aromatic carbocycles. The highest BCUT2D eigenvalue weighted by molar-refractivity contribution is 5.75. The van der Waals surface area contributed by atoms with E-state index in [-0.39, 0.29) is 6.01 Å². The Bertz CT molecular complexity index is 575. The number of rotatable bonds is 5. The third-order valence-electron chi connectivity index (χ3n) is 2.61. The number of ether oxygens (including phenoxy) is 2. The first-order valence-electron chi connectivity index (χ1n) is 6.06. The van der Waals surface area contributed by atoms with Crippen LogP contribution in [0.4, 0.5) is 0 Å². The second-order valence-electron chi connectivity index (χ2n) is 4.11. The van der Waals surface area contributed by atoms with Crippen LogP contribution in [0.25, 0.3) is 0 Å². The van der Waals surface area contributed by atoms with E-state index in [1.165, 1.54) is 7.11 Å². The Hall–Kier alpha value is -2.47. The van der Waals surface area contributed by atoms with Gasteiger partial charge in [-0.2, -0.15) is 0 Å². The molecule has 0 aliphatic carbocycles. The number of aromatic nitrogens is 2. The van der Waals surface area contributed by atoms with E-state index in [2.05, 4.69) is 14.7 Å². The van der Waals surface area contributed by atoms with Crippen LogP contribution in [-0.2, 0) is 16.0 Å². The Morgan fingerprint density at radius 1 is 1.30 bits per heavy atom. The van der Waals surface area contributed by atoms with Gasteiger partial charge in [-0.15, -0.1) is 0 Å². The Labute approximate surface area is 116 Å². The number of methoxy groups -OCH3 is 1. The fraction of sp³-hybridized carbons (Fsp3) is 0.214. The summed E-state index contributed by atoms with van der Waals surface area (Å²) >= 11 is 0. The third kappa shape index (κ3) is 3.76. The zero-order valence-corrected chi connectivity index (χ0v) is 11.0. The van der Waals surface area contributed by atoms with Gasteiger partial charge in [-0.05, 0) is 30.2 Å². The highest BCUT2D eigenvalue weighted by Crippen LogP contribution is 2.19. The van der Waals surface area contributed by atoms with Gasteiger partial charge >= 0.3 is 12.0 Å². The van der Waals surface area contributed by atoms with E-state index >= 15 is 0 Å². The second-order valence-corrected chi connectivity index (χ2v) is 4.11. The molecule has 2 aromatic rings. The lowest BCUT2D eigenvalue weighted by Crippen LogP contribution is -2.33. The normalized spacial score (nSPS) is 11.7. The molecule has 6 nitrogen and oxygen atoms in total. The van der Waals surface area contributed by atoms with Crippen molar-refractivity contribution in [3.63, 3.8) is 0 Å². The molecule has 6 heteroatoms. The number of carbonyl (C=O) groups is 1. The van der Waals surface area contributed by atoms with Crippen LogP contribution in [0.2, 0.25) is 0 Å². The SMILES string of the molecule is COC(=O)C(N)Cc1cccc(Oc2ncccn2)c1. The van der Waals surface area contributed by atoms with E-state index in [9.17, 15) is 4.79 Å². The quantitative estimate of drug-likeness (QED) is 0.826. The number of nitrogens with zero attached hydrogens (tertiary/aromatic N) is 2. The summed E-state index contributed by atoms with van der Waals surface area (Å²) in [4.78, 5) is 19.2. The minimum Gasteiger partial charge on any atom is -0.468 e. The van der Waals surface area contributed by atoms with Gasteiger partial charge in [0.25, 0.3) is 0 Å². The average molecular weight is 273 g/mol. The van der Waals surface area contributed by atoms with E-state index in [4.69, 9.17) is 10.5 Å². The number of esters is 1. The number of carbonyl (C=O) groups excluding carboxylic acids is 1. The van der Waals surface area contributed by atoms with Gasteiger partial charge in [0.1, 0.15) is 11.8 Å². The summed E-state index contributed by atoms with van der Waals surface area (Å²) in [5.74, 6) is 0.147. The maximum atomic E-state index is 11.3. The number of nitrogens with two attached hydrogens (primary N) is 1. The molecule has 1 atom stereocenters. The van der Waals surface area contributed by atoms with Crippen LogP contribution < -0.4 is 10.5 Å². The Kier molecular flexibility index (Phi) is 4.62. The minimum atomic E-state index is -0.691. The summed E-state index contributed by atoms with van der Waals surface area (Å²) < 4.78 is 10.1. The van der Waals surface area contributed by atoms with Crippen molar-refractivity contribution in [2.45, 2.75) is 12.5 Å². The van der Waals surface area contributed by atoms with Crippen LogP contribution in [0.5, 0.6) is 11.8 Å². The maximum absolute atomic E-state index is 11.3. The van der Waals surface area contributed by atoms with E-state index in [1.807, 2.05) is 12.1 Å². The molecule has 0 bridgehead atoms. The first-order valence-corrected chi connectivity index (χ1v) is 6.06. The molecule has 0 radical (unpaired) electrons. The minimum absolute atomic E-state index is 0.266. The predicted molar refractivity (Wildman–Crippen MR) is 72.2 cm³/mol. The van der Waals surface area contributed by atoms with E-state index < -0.39 is 12.0 Å². The highest BCUT2D eigenvalue weighted by atomic mass is 16.5. The monoisotopic (exact) mass is 273 g/mol. The molecular weight excluding hydrogens is 258 g/mol. The van der Waals surface area contributed by atoms with Crippen LogP contribution in [0.3, 0.4) is 0 Å². The van der Waals surface area contributed by atoms with Crippen molar-refractivity contribution in [1.82, 2.24) is 9.97 Å². The highest BCUT2D eigenvalue weighted by Gasteiger charge is 2.14. The van der Waals surface area contributed by atoms with Gasteiger partial charge in [0.05, 0.1) is 7.11 Å². The van der Waals surface area contributed by atoms with Crippen LogP contribution in [-0.4, -0.2) is 29.1 Å². The molecule has 104 valence electrons. The fourth-order valence-corrected chi connectivity index (χ4v) is 1.67. The smallest absolute Gasteiger partial charge is 0.322 e. The third-order valence-corrected chi connectivity index (χ3v) is 2.61. The number of benzene rings is 1. The summed E-state index contributed by atoms with van der Waals surface area (Å²) in [7, 11) is 1.31. The molecule has 0 spiro atoms. The van der Waals surface area contributed by atoms with Crippen molar-refractivity contribution in [3.8, 4) is 11.8 Å². The fourth-order valence-electron chi connectivity index (χ4n) is 1.67. The number of hydrogen-bond acceptors (Lipinski definition) is 6. The summed E-state index contributed by atoms with van der Waals surface area (Å²) in [5, 5.41) is 0. The molecule has 1 unspecified atom stereocenters. The standard InChI is InChI=1S/C14H15N3O3/c1-19-13(18)12(15)9-10-4-2-5-11(8-10)20-14-16-6-3-7-17-14/h2-8,12H,9,15H2,1H3. The molecule has 0 aliphatic rings. The van der Waals surface area contributed by atoms with Crippen LogP contribution >= 0.6 is 0 Å². The van der Waals surface area contributed by atoms with Gasteiger partial charge in [0.2, 0.25) is 0 Å². The average Bonchev–Trinajstić information content (AvgIpc) is 2.47. The van der Waals surface area contributed by atoms with Gasteiger partial charge in [-0.3, -0.25) is 4.79 Å². The van der Waals surface area contributed by atoms with Crippen LogP contribution in [0, 0.1) is 0 Å². The Balaban J connectivity index is 2.06. The van der Waals surface area contributed by atoms with Crippen molar-refractivity contribution >= 4 is 5.97 Å². The van der Waals surface area contributed by atoms with Gasteiger partial charge in [0.15, 0.2) is 0 Å². The number of hydrogen-bond donors (Lipinski definition) is 1. The maximum Gasteiger partial charge on any atom is 0.322 e. The van der Waals surface area contributed by atoms with Gasteiger partial charge < -0.3 is 15.2 Å². The van der Waals surface area contributed by atoms with Crippen molar-refractivity contribution in [2.24, 2.45) is 5.73 Å². The summed E-state index contributed by atoms with van der Waals surface area (Å²) in [6.45, 7) is 0. The van der Waals surface area contributed by atoms with E-state index in [0.717, 1.165) is 5.56 Å².